The zero-order chi connectivity index (χ0) is 17.4. The Labute approximate surface area is 144 Å². The van der Waals surface area contributed by atoms with Crippen molar-refractivity contribution >= 4 is 11.8 Å². The van der Waals surface area contributed by atoms with Crippen LogP contribution in [0.2, 0.25) is 0 Å². The van der Waals surface area contributed by atoms with Gasteiger partial charge in [-0.05, 0) is 62.4 Å². The first-order valence-electron chi connectivity index (χ1n) is 8.94. The minimum atomic E-state index is -0.0795. The van der Waals surface area contributed by atoms with Crippen LogP contribution in [0.4, 0.5) is 0 Å². The molecule has 1 fully saturated rings. The van der Waals surface area contributed by atoms with Crippen molar-refractivity contribution in [3.8, 4) is 0 Å². The summed E-state index contributed by atoms with van der Waals surface area (Å²) < 4.78 is 0. The molecule has 0 spiro atoms. The van der Waals surface area contributed by atoms with E-state index < -0.39 is 0 Å². The number of hydrogen-bond donors (Lipinski definition) is 3. The van der Waals surface area contributed by atoms with E-state index in [4.69, 9.17) is 0 Å². The Hall–Kier alpha value is -1.88. The maximum Gasteiger partial charge on any atom is 0.251 e. The zero-order valence-corrected chi connectivity index (χ0v) is 14.7. The lowest BCUT2D eigenvalue weighted by atomic mass is 9.85. The van der Waals surface area contributed by atoms with Gasteiger partial charge in [0.25, 0.3) is 5.91 Å². The fourth-order valence-electron chi connectivity index (χ4n) is 3.18. The SMILES string of the molecule is CCNC(=O)c1cccc(CNC(=O)CC(C)C2CCCNC2)c1. The summed E-state index contributed by atoms with van der Waals surface area (Å²) in [7, 11) is 0. The van der Waals surface area contributed by atoms with Crippen LogP contribution in [0.25, 0.3) is 0 Å². The summed E-state index contributed by atoms with van der Waals surface area (Å²) in [5, 5.41) is 9.16. The largest absolute Gasteiger partial charge is 0.352 e. The second kappa shape index (κ2) is 9.42. The number of carbonyl (C=O) groups excluding carboxylic acids is 2. The third-order valence-electron chi connectivity index (χ3n) is 4.66. The van der Waals surface area contributed by atoms with Crippen LogP contribution in [0.1, 0.15) is 49.0 Å². The van der Waals surface area contributed by atoms with Gasteiger partial charge in [-0.15, -0.1) is 0 Å². The van der Waals surface area contributed by atoms with Crippen molar-refractivity contribution in [3.63, 3.8) is 0 Å². The van der Waals surface area contributed by atoms with Gasteiger partial charge in [0, 0.05) is 25.1 Å². The molecule has 2 amide bonds. The van der Waals surface area contributed by atoms with E-state index in [0.29, 0.717) is 36.9 Å². The molecular formula is C19H29N3O2. The molecule has 24 heavy (non-hydrogen) atoms. The van der Waals surface area contributed by atoms with Crippen molar-refractivity contribution in [1.82, 2.24) is 16.0 Å². The van der Waals surface area contributed by atoms with Crippen molar-refractivity contribution in [2.45, 2.75) is 39.7 Å². The van der Waals surface area contributed by atoms with E-state index in [1.165, 1.54) is 12.8 Å². The first-order valence-corrected chi connectivity index (χ1v) is 8.94. The quantitative estimate of drug-likeness (QED) is 0.716. The lowest BCUT2D eigenvalue weighted by Gasteiger charge is -2.28. The molecule has 132 valence electrons. The van der Waals surface area contributed by atoms with Crippen LogP contribution in [0.3, 0.4) is 0 Å². The molecule has 3 N–H and O–H groups in total. The van der Waals surface area contributed by atoms with Crippen molar-refractivity contribution < 1.29 is 9.59 Å². The van der Waals surface area contributed by atoms with Crippen LogP contribution in [0.15, 0.2) is 24.3 Å². The topological polar surface area (TPSA) is 70.2 Å². The number of nitrogens with one attached hydrogen (secondary N) is 3. The standard InChI is InChI=1S/C19H29N3O2/c1-3-21-19(24)16-7-4-6-15(11-16)12-22-18(23)10-14(2)17-8-5-9-20-13-17/h4,6-7,11,14,17,20H,3,5,8-10,12-13H2,1-2H3,(H,21,24)(H,22,23). The molecule has 2 unspecified atom stereocenters. The lowest BCUT2D eigenvalue weighted by Crippen LogP contribution is -2.35. The summed E-state index contributed by atoms with van der Waals surface area (Å²) in [6.07, 6.45) is 2.96. The summed E-state index contributed by atoms with van der Waals surface area (Å²) >= 11 is 0. The first-order chi connectivity index (χ1) is 11.6. The number of piperidine rings is 1. The fraction of sp³-hybridized carbons (Fsp3) is 0.579. The predicted octanol–water partition coefficient (Wildman–Crippen LogP) is 2.08. The van der Waals surface area contributed by atoms with Crippen LogP contribution < -0.4 is 16.0 Å². The molecule has 1 aromatic rings. The molecule has 1 aromatic carbocycles. The molecule has 0 bridgehead atoms. The average molecular weight is 331 g/mol. The van der Waals surface area contributed by atoms with E-state index in [-0.39, 0.29) is 11.8 Å². The highest BCUT2D eigenvalue weighted by molar-refractivity contribution is 5.94. The van der Waals surface area contributed by atoms with Crippen LogP contribution in [0, 0.1) is 11.8 Å². The highest BCUT2D eigenvalue weighted by Gasteiger charge is 2.21. The van der Waals surface area contributed by atoms with Crippen molar-refractivity contribution in [3.05, 3.63) is 35.4 Å². The Bertz CT molecular complexity index is 553. The van der Waals surface area contributed by atoms with E-state index in [1.54, 1.807) is 6.07 Å². The predicted molar refractivity (Wildman–Crippen MR) is 95.7 cm³/mol. The molecule has 1 saturated heterocycles. The minimum Gasteiger partial charge on any atom is -0.352 e. The fourth-order valence-corrected chi connectivity index (χ4v) is 3.18. The van der Waals surface area contributed by atoms with Crippen molar-refractivity contribution in [1.29, 1.82) is 0 Å². The van der Waals surface area contributed by atoms with Crippen LogP contribution in [-0.4, -0.2) is 31.4 Å². The van der Waals surface area contributed by atoms with E-state index >= 15 is 0 Å². The molecule has 5 heteroatoms. The highest BCUT2D eigenvalue weighted by Crippen LogP contribution is 2.22. The number of rotatable bonds is 7. The lowest BCUT2D eigenvalue weighted by molar-refractivity contribution is -0.122. The first kappa shape index (κ1) is 18.5. The molecule has 1 heterocycles. The molecule has 0 radical (unpaired) electrons. The molecule has 2 atom stereocenters. The molecule has 0 saturated carbocycles. The van der Waals surface area contributed by atoms with E-state index in [2.05, 4.69) is 22.9 Å². The second-order valence-corrected chi connectivity index (χ2v) is 6.62. The Morgan fingerprint density at radius 2 is 2.17 bits per heavy atom. The number of amides is 2. The van der Waals surface area contributed by atoms with E-state index in [0.717, 1.165) is 18.7 Å². The Morgan fingerprint density at radius 3 is 2.88 bits per heavy atom. The van der Waals surface area contributed by atoms with Gasteiger partial charge in [-0.2, -0.15) is 0 Å². The van der Waals surface area contributed by atoms with Gasteiger partial charge >= 0.3 is 0 Å². The molecule has 5 nitrogen and oxygen atoms in total. The van der Waals surface area contributed by atoms with E-state index in [1.807, 2.05) is 25.1 Å². The third kappa shape index (κ3) is 5.64. The van der Waals surface area contributed by atoms with E-state index in [9.17, 15) is 9.59 Å². The number of hydrogen-bond acceptors (Lipinski definition) is 3. The van der Waals surface area contributed by atoms with Gasteiger partial charge in [0.2, 0.25) is 5.91 Å². The zero-order valence-electron chi connectivity index (χ0n) is 14.7. The number of carbonyl (C=O) groups is 2. The summed E-state index contributed by atoms with van der Waals surface area (Å²) in [5.41, 5.74) is 1.57. The van der Waals surface area contributed by atoms with Gasteiger partial charge in [-0.25, -0.2) is 0 Å². The second-order valence-electron chi connectivity index (χ2n) is 6.62. The summed E-state index contributed by atoms with van der Waals surface area (Å²) in [5.74, 6) is 0.977. The molecule has 0 aliphatic carbocycles. The van der Waals surface area contributed by atoms with Crippen LogP contribution >= 0.6 is 0 Å². The maximum absolute atomic E-state index is 12.2. The van der Waals surface area contributed by atoms with Crippen molar-refractivity contribution in [2.24, 2.45) is 11.8 Å². The molecular weight excluding hydrogens is 302 g/mol. The normalized spacial score (nSPS) is 18.7. The van der Waals surface area contributed by atoms with Gasteiger partial charge in [0.1, 0.15) is 0 Å². The minimum absolute atomic E-state index is 0.0795. The van der Waals surface area contributed by atoms with Gasteiger partial charge in [-0.3, -0.25) is 9.59 Å². The average Bonchev–Trinajstić information content (AvgIpc) is 2.61. The van der Waals surface area contributed by atoms with Gasteiger partial charge in [-0.1, -0.05) is 19.1 Å². The molecule has 1 aliphatic heterocycles. The van der Waals surface area contributed by atoms with Crippen LogP contribution in [-0.2, 0) is 11.3 Å². The number of benzene rings is 1. The van der Waals surface area contributed by atoms with Crippen LogP contribution in [0.5, 0.6) is 0 Å². The monoisotopic (exact) mass is 331 g/mol. The Kier molecular flexibility index (Phi) is 7.25. The Balaban J connectivity index is 1.80. The molecule has 1 aliphatic rings. The van der Waals surface area contributed by atoms with Crippen molar-refractivity contribution in [2.75, 3.05) is 19.6 Å². The molecule has 0 aromatic heterocycles. The van der Waals surface area contributed by atoms with Gasteiger partial charge < -0.3 is 16.0 Å². The summed E-state index contributed by atoms with van der Waals surface area (Å²) in [4.78, 5) is 24.0. The summed E-state index contributed by atoms with van der Waals surface area (Å²) in [6.45, 7) is 7.23. The highest BCUT2D eigenvalue weighted by atomic mass is 16.2. The van der Waals surface area contributed by atoms with Gasteiger partial charge in [0.15, 0.2) is 0 Å². The Morgan fingerprint density at radius 1 is 1.33 bits per heavy atom. The molecule has 2 rings (SSSR count). The summed E-state index contributed by atoms with van der Waals surface area (Å²) in [6, 6.07) is 7.40. The maximum atomic E-state index is 12.2. The third-order valence-corrected chi connectivity index (χ3v) is 4.66. The van der Waals surface area contributed by atoms with Gasteiger partial charge in [0.05, 0.1) is 0 Å². The smallest absolute Gasteiger partial charge is 0.251 e.